The van der Waals surface area contributed by atoms with E-state index in [1.54, 1.807) is 4.68 Å². The van der Waals surface area contributed by atoms with Crippen molar-refractivity contribution < 1.29 is 4.74 Å². The number of rotatable bonds is 4. The number of benzene rings is 1. The first kappa shape index (κ1) is 14.2. The third-order valence-electron chi connectivity index (χ3n) is 3.29. The van der Waals surface area contributed by atoms with Gasteiger partial charge in [0, 0.05) is 7.05 Å². The van der Waals surface area contributed by atoms with E-state index in [4.69, 9.17) is 10.5 Å². The van der Waals surface area contributed by atoms with Gasteiger partial charge in [0.1, 0.15) is 11.4 Å². The lowest BCUT2D eigenvalue weighted by atomic mass is 10.1. The zero-order valence-electron chi connectivity index (χ0n) is 12.4. The Hall–Kier alpha value is -2.17. The third-order valence-corrected chi connectivity index (χ3v) is 3.29. The molecule has 0 bridgehead atoms. The molecular formula is C15H21N3O2. The van der Waals surface area contributed by atoms with Gasteiger partial charge in [0.25, 0.3) is 5.56 Å². The molecule has 0 aliphatic heterocycles. The predicted molar refractivity (Wildman–Crippen MR) is 80.7 cm³/mol. The Bertz CT molecular complexity index is 651. The second kappa shape index (κ2) is 5.45. The summed E-state index contributed by atoms with van der Waals surface area (Å²) in [7, 11) is 1.85. The van der Waals surface area contributed by atoms with Crippen LogP contribution >= 0.6 is 0 Å². The minimum Gasteiger partial charge on any atom is -0.494 e. The summed E-state index contributed by atoms with van der Waals surface area (Å²) in [5, 5.41) is 0. The molecule has 2 N–H and O–H groups in total. The van der Waals surface area contributed by atoms with E-state index in [2.05, 4.69) is 0 Å². The summed E-state index contributed by atoms with van der Waals surface area (Å²) in [5.41, 5.74) is 7.71. The number of hydrogen-bond acceptors (Lipinski definition) is 3. The maximum absolute atomic E-state index is 12.3. The lowest BCUT2D eigenvalue weighted by molar-refractivity contribution is 0.340. The largest absolute Gasteiger partial charge is 0.494 e. The monoisotopic (exact) mass is 275 g/mol. The van der Waals surface area contributed by atoms with Gasteiger partial charge in [-0.3, -0.25) is 9.48 Å². The fraction of sp³-hybridized carbons (Fsp3) is 0.400. The maximum Gasteiger partial charge on any atom is 0.294 e. The van der Waals surface area contributed by atoms with E-state index in [1.165, 1.54) is 0 Å². The minimum atomic E-state index is -0.180. The van der Waals surface area contributed by atoms with Gasteiger partial charge >= 0.3 is 0 Å². The number of hydrogen-bond donors (Lipinski definition) is 1. The van der Waals surface area contributed by atoms with Gasteiger partial charge < -0.3 is 10.5 Å². The first-order valence-corrected chi connectivity index (χ1v) is 6.78. The van der Waals surface area contributed by atoms with E-state index >= 15 is 0 Å². The molecule has 20 heavy (non-hydrogen) atoms. The predicted octanol–water partition coefficient (Wildman–Crippen LogP) is 2.28. The molecular weight excluding hydrogens is 254 g/mol. The molecule has 1 heterocycles. The molecule has 2 rings (SSSR count). The van der Waals surface area contributed by atoms with Crippen LogP contribution in [0.5, 0.6) is 5.75 Å². The van der Waals surface area contributed by atoms with Crippen molar-refractivity contribution in [3.8, 4) is 11.4 Å². The fourth-order valence-corrected chi connectivity index (χ4v) is 2.47. The van der Waals surface area contributed by atoms with Crippen molar-refractivity contribution in [3.05, 3.63) is 40.3 Å². The number of nitrogens with zero attached hydrogens (tertiary/aromatic N) is 2. The van der Waals surface area contributed by atoms with Gasteiger partial charge in [-0.15, -0.1) is 0 Å². The van der Waals surface area contributed by atoms with Crippen molar-refractivity contribution >= 4 is 5.69 Å². The molecule has 108 valence electrons. The first-order chi connectivity index (χ1) is 9.47. The second-order valence-electron chi connectivity index (χ2n) is 5.02. The van der Waals surface area contributed by atoms with E-state index in [1.807, 2.05) is 56.8 Å². The van der Waals surface area contributed by atoms with Crippen LogP contribution < -0.4 is 16.0 Å². The molecule has 0 saturated carbocycles. The van der Waals surface area contributed by atoms with Gasteiger partial charge in [-0.1, -0.05) is 13.8 Å². The zero-order valence-corrected chi connectivity index (χ0v) is 12.4. The quantitative estimate of drug-likeness (QED) is 0.931. The summed E-state index contributed by atoms with van der Waals surface area (Å²) in [4.78, 5) is 12.3. The van der Waals surface area contributed by atoms with Crippen LogP contribution in [0.4, 0.5) is 5.69 Å². The van der Waals surface area contributed by atoms with E-state index in [0.29, 0.717) is 12.3 Å². The molecule has 0 aliphatic carbocycles. The first-order valence-electron chi connectivity index (χ1n) is 6.78. The Kier molecular flexibility index (Phi) is 3.88. The Morgan fingerprint density at radius 1 is 1.25 bits per heavy atom. The standard InChI is InChI=1S/C15H21N3O2/c1-5-20-12-8-6-11(7-9-12)18-15(19)13(16)14(10(2)3)17(18)4/h6-10H,5,16H2,1-4H3. The Labute approximate surface area is 118 Å². The van der Waals surface area contributed by atoms with Crippen molar-refractivity contribution in [1.29, 1.82) is 0 Å². The molecule has 0 saturated heterocycles. The van der Waals surface area contributed by atoms with Crippen molar-refractivity contribution in [2.24, 2.45) is 7.05 Å². The lowest BCUT2D eigenvalue weighted by Gasteiger charge is -2.12. The molecule has 0 spiro atoms. The van der Waals surface area contributed by atoms with Crippen molar-refractivity contribution in [1.82, 2.24) is 9.36 Å². The lowest BCUT2D eigenvalue weighted by Crippen LogP contribution is -2.20. The summed E-state index contributed by atoms with van der Waals surface area (Å²) in [5.74, 6) is 0.979. The summed E-state index contributed by atoms with van der Waals surface area (Å²) >= 11 is 0. The summed E-state index contributed by atoms with van der Waals surface area (Å²) in [6.07, 6.45) is 0. The van der Waals surface area contributed by atoms with Crippen molar-refractivity contribution in [3.63, 3.8) is 0 Å². The highest BCUT2D eigenvalue weighted by Gasteiger charge is 2.18. The van der Waals surface area contributed by atoms with Crippen LogP contribution in [0.3, 0.4) is 0 Å². The molecule has 0 unspecified atom stereocenters. The van der Waals surface area contributed by atoms with Crippen LogP contribution in [-0.2, 0) is 7.05 Å². The van der Waals surface area contributed by atoms with E-state index in [0.717, 1.165) is 17.1 Å². The van der Waals surface area contributed by atoms with Gasteiger partial charge in [-0.05, 0) is 37.1 Å². The Morgan fingerprint density at radius 3 is 2.30 bits per heavy atom. The van der Waals surface area contributed by atoms with Gasteiger partial charge in [0.2, 0.25) is 0 Å². The van der Waals surface area contributed by atoms with Crippen LogP contribution in [0, 0.1) is 0 Å². The molecule has 0 fully saturated rings. The smallest absolute Gasteiger partial charge is 0.294 e. The summed E-state index contributed by atoms with van der Waals surface area (Å²) in [6.45, 7) is 6.60. The number of ether oxygens (including phenoxy) is 1. The van der Waals surface area contributed by atoms with Crippen LogP contribution in [0.1, 0.15) is 32.4 Å². The normalized spacial score (nSPS) is 11.1. The Balaban J connectivity index is 2.53. The highest BCUT2D eigenvalue weighted by Crippen LogP contribution is 2.21. The van der Waals surface area contributed by atoms with Crippen molar-refractivity contribution in [2.75, 3.05) is 12.3 Å². The average molecular weight is 275 g/mol. The Morgan fingerprint density at radius 2 is 1.85 bits per heavy atom. The molecule has 0 amide bonds. The van der Waals surface area contributed by atoms with Gasteiger partial charge in [0.05, 0.1) is 18.0 Å². The number of nitrogen functional groups attached to an aromatic ring is 1. The zero-order chi connectivity index (χ0) is 14.9. The molecule has 5 heteroatoms. The molecule has 1 aromatic carbocycles. The number of anilines is 1. The minimum absolute atomic E-state index is 0.180. The van der Waals surface area contributed by atoms with Crippen LogP contribution in [0.15, 0.2) is 29.1 Å². The number of nitrogens with two attached hydrogens (primary N) is 1. The topological polar surface area (TPSA) is 62.2 Å². The average Bonchev–Trinajstić information content (AvgIpc) is 2.62. The van der Waals surface area contributed by atoms with Gasteiger partial charge in [0.15, 0.2) is 0 Å². The third kappa shape index (κ3) is 2.31. The summed E-state index contributed by atoms with van der Waals surface area (Å²) < 4.78 is 8.81. The molecule has 1 aromatic heterocycles. The maximum atomic E-state index is 12.3. The van der Waals surface area contributed by atoms with Crippen LogP contribution in [0.2, 0.25) is 0 Å². The highest BCUT2D eigenvalue weighted by molar-refractivity contribution is 5.47. The van der Waals surface area contributed by atoms with Gasteiger partial charge in [-0.25, -0.2) is 4.68 Å². The van der Waals surface area contributed by atoms with E-state index < -0.39 is 0 Å². The molecule has 5 nitrogen and oxygen atoms in total. The van der Waals surface area contributed by atoms with E-state index in [9.17, 15) is 4.79 Å². The fourth-order valence-electron chi connectivity index (χ4n) is 2.47. The van der Waals surface area contributed by atoms with Gasteiger partial charge in [-0.2, -0.15) is 0 Å². The molecule has 0 atom stereocenters. The van der Waals surface area contributed by atoms with Crippen LogP contribution in [0.25, 0.3) is 5.69 Å². The molecule has 0 aliphatic rings. The van der Waals surface area contributed by atoms with E-state index in [-0.39, 0.29) is 11.5 Å². The highest BCUT2D eigenvalue weighted by atomic mass is 16.5. The number of aromatic nitrogens is 2. The SMILES string of the molecule is CCOc1ccc(-n2c(=O)c(N)c(C(C)C)n2C)cc1. The summed E-state index contributed by atoms with van der Waals surface area (Å²) in [6, 6.07) is 7.42. The van der Waals surface area contributed by atoms with Crippen molar-refractivity contribution in [2.45, 2.75) is 26.7 Å². The van der Waals surface area contributed by atoms with Crippen LogP contribution in [-0.4, -0.2) is 16.0 Å². The molecule has 0 radical (unpaired) electrons. The second-order valence-corrected chi connectivity index (χ2v) is 5.02. The molecule has 2 aromatic rings.